The summed E-state index contributed by atoms with van der Waals surface area (Å²) in [5, 5.41) is 3.49. The van der Waals surface area contributed by atoms with Crippen LogP contribution >= 0.6 is 0 Å². The van der Waals surface area contributed by atoms with E-state index in [1.54, 1.807) is 0 Å². The minimum absolute atomic E-state index is 0.446. The van der Waals surface area contributed by atoms with Crippen LogP contribution in [0.4, 0.5) is 0 Å². The summed E-state index contributed by atoms with van der Waals surface area (Å²) in [4.78, 5) is 2.19. The lowest BCUT2D eigenvalue weighted by molar-refractivity contribution is 0.0832. The molecule has 1 aliphatic rings. The molecule has 3 nitrogen and oxygen atoms in total. The fourth-order valence-corrected chi connectivity index (χ4v) is 1.64. The van der Waals surface area contributed by atoms with Crippen LogP contribution in [0.1, 0.15) is 19.8 Å². The van der Waals surface area contributed by atoms with Gasteiger partial charge in [0.05, 0.1) is 6.10 Å². The van der Waals surface area contributed by atoms with Crippen LogP contribution in [0.2, 0.25) is 0 Å². The second-order valence-corrected chi connectivity index (χ2v) is 4.10. The smallest absolute Gasteiger partial charge is 0.0726 e. The number of nitrogens with zero attached hydrogens (tertiary/aromatic N) is 1. The first-order valence-corrected chi connectivity index (χ1v) is 5.20. The molecule has 3 heteroatoms. The van der Waals surface area contributed by atoms with Crippen molar-refractivity contribution in [2.24, 2.45) is 0 Å². The largest absolute Gasteiger partial charge is 0.377 e. The van der Waals surface area contributed by atoms with Crippen molar-refractivity contribution in [1.29, 1.82) is 0 Å². The molecule has 1 N–H and O–H groups in total. The van der Waals surface area contributed by atoms with E-state index in [1.165, 1.54) is 12.8 Å². The third-order valence-corrected chi connectivity index (χ3v) is 2.55. The van der Waals surface area contributed by atoms with E-state index in [4.69, 9.17) is 4.74 Å². The standard InChI is InChI=1S/C10H22N2O/c1-9(10-5-4-8-13-10)11-6-7-12(2)3/h9-11H,4-8H2,1-3H3. The SMILES string of the molecule is CC(NCCN(C)C)C1CCCO1. The highest BCUT2D eigenvalue weighted by atomic mass is 16.5. The predicted molar refractivity (Wildman–Crippen MR) is 55.0 cm³/mol. The van der Waals surface area contributed by atoms with Crippen molar-refractivity contribution < 1.29 is 4.74 Å². The Morgan fingerprint density at radius 1 is 1.54 bits per heavy atom. The summed E-state index contributed by atoms with van der Waals surface area (Å²) in [5.74, 6) is 0. The number of hydrogen-bond acceptors (Lipinski definition) is 3. The molecule has 78 valence electrons. The van der Waals surface area contributed by atoms with Gasteiger partial charge in [-0.05, 0) is 33.9 Å². The second kappa shape index (κ2) is 5.58. The molecule has 0 saturated carbocycles. The van der Waals surface area contributed by atoms with Gasteiger partial charge in [-0.2, -0.15) is 0 Å². The Morgan fingerprint density at radius 2 is 2.31 bits per heavy atom. The molecule has 0 spiro atoms. The molecule has 0 amide bonds. The average Bonchev–Trinajstić information content (AvgIpc) is 2.55. The second-order valence-electron chi connectivity index (χ2n) is 4.10. The maximum atomic E-state index is 5.60. The molecule has 0 aromatic heterocycles. The Hall–Kier alpha value is -0.120. The summed E-state index contributed by atoms with van der Waals surface area (Å²) in [6, 6.07) is 0.502. The summed E-state index contributed by atoms with van der Waals surface area (Å²) in [7, 11) is 4.19. The van der Waals surface area contributed by atoms with Crippen molar-refractivity contribution in [2.75, 3.05) is 33.8 Å². The van der Waals surface area contributed by atoms with Crippen LogP contribution in [0.25, 0.3) is 0 Å². The fraction of sp³-hybridized carbons (Fsp3) is 1.00. The topological polar surface area (TPSA) is 24.5 Å². The zero-order chi connectivity index (χ0) is 9.68. The normalized spacial score (nSPS) is 25.4. The Balaban J connectivity index is 2.06. The van der Waals surface area contributed by atoms with Crippen LogP contribution in [0.15, 0.2) is 0 Å². The molecule has 1 heterocycles. The van der Waals surface area contributed by atoms with Gasteiger partial charge in [0.2, 0.25) is 0 Å². The highest BCUT2D eigenvalue weighted by molar-refractivity contribution is 4.76. The van der Waals surface area contributed by atoms with Gasteiger partial charge < -0.3 is 15.0 Å². The van der Waals surface area contributed by atoms with Gasteiger partial charge in [-0.25, -0.2) is 0 Å². The molecule has 13 heavy (non-hydrogen) atoms. The van der Waals surface area contributed by atoms with Gasteiger partial charge >= 0.3 is 0 Å². The minimum atomic E-state index is 0.446. The third-order valence-electron chi connectivity index (χ3n) is 2.55. The van der Waals surface area contributed by atoms with E-state index < -0.39 is 0 Å². The molecule has 1 rings (SSSR count). The summed E-state index contributed by atoms with van der Waals surface area (Å²) in [6.45, 7) is 5.31. The quantitative estimate of drug-likeness (QED) is 0.684. The molecule has 0 aliphatic carbocycles. The maximum absolute atomic E-state index is 5.60. The Morgan fingerprint density at radius 3 is 2.85 bits per heavy atom. The van der Waals surface area contributed by atoms with Crippen LogP contribution < -0.4 is 5.32 Å². The Kier molecular flexibility index (Phi) is 4.70. The van der Waals surface area contributed by atoms with Crippen LogP contribution in [0.3, 0.4) is 0 Å². The van der Waals surface area contributed by atoms with Gasteiger partial charge in [0, 0.05) is 25.7 Å². The summed E-state index contributed by atoms with van der Waals surface area (Å²) >= 11 is 0. The van der Waals surface area contributed by atoms with Crippen molar-refractivity contribution in [3.05, 3.63) is 0 Å². The molecule has 2 atom stereocenters. The molecule has 1 fully saturated rings. The van der Waals surface area contributed by atoms with Crippen LogP contribution in [0.5, 0.6) is 0 Å². The maximum Gasteiger partial charge on any atom is 0.0726 e. The van der Waals surface area contributed by atoms with E-state index in [1.807, 2.05) is 0 Å². The number of rotatable bonds is 5. The Labute approximate surface area is 81.4 Å². The number of ether oxygens (including phenoxy) is 1. The van der Waals surface area contributed by atoms with Crippen molar-refractivity contribution >= 4 is 0 Å². The van der Waals surface area contributed by atoms with Crippen LogP contribution in [-0.2, 0) is 4.74 Å². The van der Waals surface area contributed by atoms with E-state index in [-0.39, 0.29) is 0 Å². The lowest BCUT2D eigenvalue weighted by atomic mass is 10.1. The summed E-state index contributed by atoms with van der Waals surface area (Å²) in [5.41, 5.74) is 0. The molecular formula is C10H22N2O. The molecule has 0 aromatic carbocycles. The highest BCUT2D eigenvalue weighted by Crippen LogP contribution is 2.14. The monoisotopic (exact) mass is 186 g/mol. The lowest BCUT2D eigenvalue weighted by Crippen LogP contribution is -2.40. The first-order chi connectivity index (χ1) is 6.20. The zero-order valence-corrected chi connectivity index (χ0v) is 9.05. The van der Waals surface area contributed by atoms with Gasteiger partial charge in [-0.1, -0.05) is 0 Å². The number of likely N-dealkylation sites (N-methyl/N-ethyl adjacent to an activating group) is 1. The van der Waals surface area contributed by atoms with Gasteiger partial charge in [0.15, 0.2) is 0 Å². The molecule has 0 radical (unpaired) electrons. The van der Waals surface area contributed by atoms with Crippen LogP contribution in [-0.4, -0.2) is 50.8 Å². The molecule has 2 unspecified atom stereocenters. The zero-order valence-electron chi connectivity index (χ0n) is 9.05. The molecule has 0 aromatic rings. The molecule has 1 saturated heterocycles. The average molecular weight is 186 g/mol. The summed E-state index contributed by atoms with van der Waals surface area (Å²) in [6.07, 6.45) is 2.89. The van der Waals surface area contributed by atoms with Crippen LogP contribution in [0, 0.1) is 0 Å². The Bertz CT molecular complexity index is 133. The van der Waals surface area contributed by atoms with Gasteiger partial charge in [-0.15, -0.1) is 0 Å². The van der Waals surface area contributed by atoms with Crippen molar-refractivity contribution in [3.8, 4) is 0 Å². The third kappa shape index (κ3) is 4.07. The number of nitrogens with one attached hydrogen (secondary N) is 1. The van der Waals surface area contributed by atoms with E-state index in [0.717, 1.165) is 19.7 Å². The highest BCUT2D eigenvalue weighted by Gasteiger charge is 2.21. The first-order valence-electron chi connectivity index (χ1n) is 5.20. The molecule has 1 aliphatic heterocycles. The van der Waals surface area contributed by atoms with Gasteiger partial charge in [-0.3, -0.25) is 0 Å². The molecule has 0 bridgehead atoms. The van der Waals surface area contributed by atoms with E-state index in [2.05, 4.69) is 31.2 Å². The first kappa shape index (κ1) is 11.0. The minimum Gasteiger partial charge on any atom is -0.377 e. The van der Waals surface area contributed by atoms with Crippen molar-refractivity contribution in [2.45, 2.75) is 31.9 Å². The van der Waals surface area contributed by atoms with E-state index in [0.29, 0.717) is 12.1 Å². The van der Waals surface area contributed by atoms with Gasteiger partial charge in [0.1, 0.15) is 0 Å². The van der Waals surface area contributed by atoms with Gasteiger partial charge in [0.25, 0.3) is 0 Å². The van der Waals surface area contributed by atoms with Crippen molar-refractivity contribution in [3.63, 3.8) is 0 Å². The fourth-order valence-electron chi connectivity index (χ4n) is 1.64. The van der Waals surface area contributed by atoms with E-state index in [9.17, 15) is 0 Å². The predicted octanol–water partition coefficient (Wildman–Crippen LogP) is 0.705. The summed E-state index contributed by atoms with van der Waals surface area (Å²) < 4.78 is 5.60. The molecular weight excluding hydrogens is 164 g/mol. The van der Waals surface area contributed by atoms with Crippen molar-refractivity contribution in [1.82, 2.24) is 10.2 Å². The lowest BCUT2D eigenvalue weighted by Gasteiger charge is -2.21. The number of hydrogen-bond donors (Lipinski definition) is 1. The van der Waals surface area contributed by atoms with E-state index >= 15 is 0 Å².